The van der Waals surface area contributed by atoms with Crippen molar-refractivity contribution in [1.82, 2.24) is 9.80 Å². The quantitative estimate of drug-likeness (QED) is 0.802. The smallest absolute Gasteiger partial charge is 0.236 e. The molecular weight excluding hydrogens is 260 g/mol. The number of nitrogens with zero attached hydrogens (tertiary/aromatic N) is 2. The summed E-state index contributed by atoms with van der Waals surface area (Å²) >= 11 is 0. The van der Waals surface area contributed by atoms with Crippen molar-refractivity contribution in [3.8, 4) is 0 Å². The minimum absolute atomic E-state index is 0.312. The predicted molar refractivity (Wildman–Crippen MR) is 85.2 cm³/mol. The first kappa shape index (κ1) is 14.6. The standard InChI is InChI=1S/C18H26N2O/c1-14(2)16-6-4-15(5-7-16)12-20(17-8-9-17)13-18(21)19-10-3-11-19/h4-7,14,17H,3,8-13H2,1-2H3. The van der Waals surface area contributed by atoms with Crippen LogP contribution in [0.3, 0.4) is 0 Å². The average molecular weight is 286 g/mol. The van der Waals surface area contributed by atoms with Crippen LogP contribution in [0.25, 0.3) is 0 Å². The first-order chi connectivity index (χ1) is 10.1. The maximum absolute atomic E-state index is 12.2. The molecule has 1 saturated heterocycles. The Labute approximate surface area is 127 Å². The second-order valence-corrected chi connectivity index (χ2v) is 6.77. The van der Waals surface area contributed by atoms with Gasteiger partial charge in [-0.2, -0.15) is 0 Å². The van der Waals surface area contributed by atoms with Crippen LogP contribution in [0.5, 0.6) is 0 Å². The highest BCUT2D eigenvalue weighted by atomic mass is 16.2. The summed E-state index contributed by atoms with van der Waals surface area (Å²) < 4.78 is 0. The molecule has 0 spiro atoms. The van der Waals surface area contributed by atoms with E-state index < -0.39 is 0 Å². The van der Waals surface area contributed by atoms with Crippen molar-refractivity contribution in [2.45, 2.75) is 51.6 Å². The van der Waals surface area contributed by atoms with E-state index in [0.29, 0.717) is 24.4 Å². The maximum atomic E-state index is 12.2. The fourth-order valence-electron chi connectivity index (χ4n) is 2.84. The van der Waals surface area contributed by atoms with Crippen molar-refractivity contribution in [2.75, 3.05) is 19.6 Å². The van der Waals surface area contributed by atoms with Crippen LogP contribution in [-0.4, -0.2) is 41.4 Å². The van der Waals surface area contributed by atoms with Gasteiger partial charge in [-0.15, -0.1) is 0 Å². The summed E-state index contributed by atoms with van der Waals surface area (Å²) in [7, 11) is 0. The van der Waals surface area contributed by atoms with Gasteiger partial charge in [-0.25, -0.2) is 0 Å². The molecule has 0 N–H and O–H groups in total. The molecule has 21 heavy (non-hydrogen) atoms. The van der Waals surface area contributed by atoms with E-state index in [1.165, 1.54) is 30.4 Å². The van der Waals surface area contributed by atoms with Crippen molar-refractivity contribution >= 4 is 5.91 Å². The van der Waals surface area contributed by atoms with Crippen LogP contribution < -0.4 is 0 Å². The molecule has 3 nitrogen and oxygen atoms in total. The van der Waals surface area contributed by atoms with Gasteiger partial charge in [0.2, 0.25) is 5.91 Å². The summed E-state index contributed by atoms with van der Waals surface area (Å²) in [4.78, 5) is 16.5. The molecule has 1 amide bonds. The Hall–Kier alpha value is -1.35. The molecule has 0 radical (unpaired) electrons. The number of benzene rings is 1. The first-order valence-electron chi connectivity index (χ1n) is 8.24. The molecular formula is C18H26N2O. The van der Waals surface area contributed by atoms with Crippen LogP contribution in [0, 0.1) is 0 Å². The summed E-state index contributed by atoms with van der Waals surface area (Å²) in [5, 5.41) is 0. The monoisotopic (exact) mass is 286 g/mol. The number of hydrogen-bond donors (Lipinski definition) is 0. The lowest BCUT2D eigenvalue weighted by Gasteiger charge is -2.33. The Morgan fingerprint density at radius 3 is 2.38 bits per heavy atom. The van der Waals surface area contributed by atoms with Crippen molar-refractivity contribution < 1.29 is 4.79 Å². The van der Waals surface area contributed by atoms with Gasteiger partial charge >= 0.3 is 0 Å². The molecule has 1 saturated carbocycles. The SMILES string of the molecule is CC(C)c1ccc(CN(CC(=O)N2CCC2)C2CC2)cc1. The van der Waals surface area contributed by atoms with Crippen LogP contribution in [0.15, 0.2) is 24.3 Å². The zero-order valence-corrected chi connectivity index (χ0v) is 13.2. The van der Waals surface area contributed by atoms with E-state index >= 15 is 0 Å². The lowest BCUT2D eigenvalue weighted by molar-refractivity contribution is -0.136. The minimum atomic E-state index is 0.312. The van der Waals surface area contributed by atoms with Gasteiger partial charge in [0.15, 0.2) is 0 Å². The zero-order valence-electron chi connectivity index (χ0n) is 13.2. The normalized spacial score (nSPS) is 18.2. The first-order valence-corrected chi connectivity index (χ1v) is 8.24. The zero-order chi connectivity index (χ0) is 14.8. The van der Waals surface area contributed by atoms with E-state index in [0.717, 1.165) is 19.6 Å². The van der Waals surface area contributed by atoms with Gasteiger partial charge in [0, 0.05) is 25.7 Å². The van der Waals surface area contributed by atoms with Crippen LogP contribution >= 0.6 is 0 Å². The van der Waals surface area contributed by atoms with E-state index in [2.05, 4.69) is 43.0 Å². The fraction of sp³-hybridized carbons (Fsp3) is 0.611. The second kappa shape index (κ2) is 6.18. The average Bonchev–Trinajstić information content (AvgIpc) is 3.20. The number of amides is 1. The molecule has 3 heteroatoms. The van der Waals surface area contributed by atoms with E-state index in [9.17, 15) is 4.79 Å². The van der Waals surface area contributed by atoms with E-state index in [4.69, 9.17) is 0 Å². The lowest BCUT2D eigenvalue weighted by atomic mass is 10.0. The number of carbonyl (C=O) groups excluding carboxylic acids is 1. The van der Waals surface area contributed by atoms with Crippen molar-refractivity contribution in [1.29, 1.82) is 0 Å². The van der Waals surface area contributed by atoms with Gasteiger partial charge < -0.3 is 4.90 Å². The molecule has 0 atom stereocenters. The summed E-state index contributed by atoms with van der Waals surface area (Å²) in [5.74, 6) is 0.888. The highest BCUT2D eigenvalue weighted by Crippen LogP contribution is 2.28. The van der Waals surface area contributed by atoms with E-state index in [1.807, 2.05) is 4.90 Å². The summed E-state index contributed by atoms with van der Waals surface area (Å²) in [6, 6.07) is 9.52. The molecule has 1 aromatic carbocycles. The van der Waals surface area contributed by atoms with Crippen molar-refractivity contribution in [2.24, 2.45) is 0 Å². The van der Waals surface area contributed by atoms with Crippen LogP contribution in [0.2, 0.25) is 0 Å². The van der Waals surface area contributed by atoms with Gasteiger partial charge in [0.05, 0.1) is 6.54 Å². The van der Waals surface area contributed by atoms with Gasteiger partial charge in [-0.1, -0.05) is 38.1 Å². The molecule has 0 aromatic heterocycles. The largest absolute Gasteiger partial charge is 0.341 e. The Morgan fingerprint density at radius 1 is 1.24 bits per heavy atom. The molecule has 3 rings (SSSR count). The fourth-order valence-corrected chi connectivity index (χ4v) is 2.84. The van der Waals surface area contributed by atoms with Gasteiger partial charge in [0.25, 0.3) is 0 Å². The number of hydrogen-bond acceptors (Lipinski definition) is 2. The van der Waals surface area contributed by atoms with Gasteiger partial charge in [-0.3, -0.25) is 9.69 Å². The highest BCUT2D eigenvalue weighted by Gasteiger charge is 2.32. The van der Waals surface area contributed by atoms with Crippen molar-refractivity contribution in [3.63, 3.8) is 0 Å². The highest BCUT2D eigenvalue weighted by molar-refractivity contribution is 5.79. The van der Waals surface area contributed by atoms with Crippen LogP contribution in [-0.2, 0) is 11.3 Å². The molecule has 1 heterocycles. The predicted octanol–water partition coefficient (Wildman–Crippen LogP) is 3.01. The maximum Gasteiger partial charge on any atom is 0.236 e. The molecule has 1 aromatic rings. The van der Waals surface area contributed by atoms with Crippen LogP contribution in [0.1, 0.15) is 50.2 Å². The molecule has 0 bridgehead atoms. The third-order valence-electron chi connectivity index (χ3n) is 4.64. The third-order valence-corrected chi connectivity index (χ3v) is 4.64. The Morgan fingerprint density at radius 2 is 1.90 bits per heavy atom. The molecule has 0 unspecified atom stereocenters. The molecule has 114 valence electrons. The van der Waals surface area contributed by atoms with Crippen molar-refractivity contribution in [3.05, 3.63) is 35.4 Å². The molecule has 2 aliphatic rings. The Bertz CT molecular complexity index is 486. The number of rotatable bonds is 6. The molecule has 2 fully saturated rings. The number of likely N-dealkylation sites (tertiary alicyclic amines) is 1. The van der Waals surface area contributed by atoms with Gasteiger partial charge in [0.1, 0.15) is 0 Å². The third kappa shape index (κ3) is 3.65. The topological polar surface area (TPSA) is 23.6 Å². The Kier molecular flexibility index (Phi) is 4.29. The van der Waals surface area contributed by atoms with E-state index in [1.54, 1.807) is 0 Å². The number of carbonyl (C=O) groups is 1. The summed E-state index contributed by atoms with van der Waals surface area (Å²) in [5.41, 5.74) is 2.70. The molecule has 1 aliphatic carbocycles. The second-order valence-electron chi connectivity index (χ2n) is 6.77. The summed E-state index contributed by atoms with van der Waals surface area (Å²) in [6.45, 7) is 7.86. The van der Waals surface area contributed by atoms with E-state index in [-0.39, 0.29) is 0 Å². The minimum Gasteiger partial charge on any atom is -0.341 e. The Balaban J connectivity index is 1.60. The molecule has 1 aliphatic heterocycles. The summed E-state index contributed by atoms with van der Waals surface area (Å²) in [6.07, 6.45) is 3.67. The van der Waals surface area contributed by atoms with Gasteiger partial charge in [-0.05, 0) is 36.3 Å². The lowest BCUT2D eigenvalue weighted by Crippen LogP contribution is -2.47. The van der Waals surface area contributed by atoms with Crippen LogP contribution in [0.4, 0.5) is 0 Å².